The summed E-state index contributed by atoms with van der Waals surface area (Å²) in [7, 11) is 0. The Balaban J connectivity index is 1.94. The number of rotatable bonds is 3. The largest absolute Gasteiger partial charge is 0.388 e. The Morgan fingerprint density at radius 1 is 1.29 bits per heavy atom. The number of aliphatic hydroxyl groups excluding tert-OH is 2. The van der Waals surface area contributed by atoms with Crippen LogP contribution in [0, 0.1) is 12.8 Å². The van der Waals surface area contributed by atoms with Gasteiger partial charge in [0.2, 0.25) is 0 Å². The molecule has 4 atom stereocenters. The molecule has 6 nitrogen and oxygen atoms in total. The average Bonchev–Trinajstić information content (AvgIpc) is 2.96. The highest BCUT2D eigenvalue weighted by Crippen LogP contribution is 2.34. The van der Waals surface area contributed by atoms with Crippen LogP contribution in [-0.4, -0.2) is 43.1 Å². The average molecular weight is 291 g/mol. The van der Waals surface area contributed by atoms with Crippen LogP contribution in [0.15, 0.2) is 18.6 Å². The zero-order valence-corrected chi connectivity index (χ0v) is 12.5. The molecular formula is C15H21N3O3. The van der Waals surface area contributed by atoms with Crippen molar-refractivity contribution >= 4 is 11.0 Å². The van der Waals surface area contributed by atoms with Crippen LogP contribution in [-0.2, 0) is 4.74 Å². The number of fused-ring (bicyclic) bond motifs is 1. The van der Waals surface area contributed by atoms with Gasteiger partial charge in [-0.2, -0.15) is 0 Å². The van der Waals surface area contributed by atoms with Gasteiger partial charge in [-0.25, -0.2) is 9.97 Å². The second-order valence-electron chi connectivity index (χ2n) is 6.10. The van der Waals surface area contributed by atoms with Crippen LogP contribution in [0.25, 0.3) is 11.0 Å². The van der Waals surface area contributed by atoms with Gasteiger partial charge in [-0.05, 0) is 25.3 Å². The monoisotopic (exact) mass is 291 g/mol. The molecular weight excluding hydrogens is 270 g/mol. The second-order valence-corrected chi connectivity index (χ2v) is 6.10. The summed E-state index contributed by atoms with van der Waals surface area (Å²) >= 11 is 0. The third kappa shape index (κ3) is 2.43. The lowest BCUT2D eigenvalue weighted by molar-refractivity contribution is -0.0398. The molecule has 1 aliphatic rings. The SMILES string of the molecule is Cc1ncnc2c1ccn2[C@@H]1O[C@H](CC(C)C)[C@@H](O)[C@H]1O. The molecule has 1 aliphatic heterocycles. The molecule has 0 unspecified atom stereocenters. The van der Waals surface area contributed by atoms with Crippen LogP contribution < -0.4 is 0 Å². The quantitative estimate of drug-likeness (QED) is 0.893. The van der Waals surface area contributed by atoms with Crippen molar-refractivity contribution in [3.8, 4) is 0 Å². The minimum Gasteiger partial charge on any atom is -0.388 e. The van der Waals surface area contributed by atoms with Crippen LogP contribution in [0.2, 0.25) is 0 Å². The van der Waals surface area contributed by atoms with E-state index in [9.17, 15) is 10.2 Å². The molecule has 2 aromatic rings. The van der Waals surface area contributed by atoms with E-state index in [1.165, 1.54) is 6.33 Å². The van der Waals surface area contributed by atoms with Crippen LogP contribution >= 0.6 is 0 Å². The fraction of sp³-hybridized carbons (Fsp3) is 0.600. The maximum Gasteiger partial charge on any atom is 0.164 e. The zero-order valence-electron chi connectivity index (χ0n) is 12.5. The smallest absolute Gasteiger partial charge is 0.164 e. The molecule has 1 saturated heterocycles. The molecule has 3 heterocycles. The number of aromatic nitrogens is 3. The lowest BCUT2D eigenvalue weighted by Crippen LogP contribution is -2.32. The van der Waals surface area contributed by atoms with Gasteiger partial charge in [0.25, 0.3) is 0 Å². The van der Waals surface area contributed by atoms with E-state index in [1.807, 2.05) is 19.2 Å². The summed E-state index contributed by atoms with van der Waals surface area (Å²) < 4.78 is 7.67. The van der Waals surface area contributed by atoms with Gasteiger partial charge in [0.05, 0.1) is 11.8 Å². The van der Waals surface area contributed by atoms with E-state index >= 15 is 0 Å². The Morgan fingerprint density at radius 3 is 2.76 bits per heavy atom. The summed E-state index contributed by atoms with van der Waals surface area (Å²) in [5.41, 5.74) is 1.59. The van der Waals surface area contributed by atoms with Gasteiger partial charge in [-0.3, -0.25) is 0 Å². The van der Waals surface area contributed by atoms with Gasteiger partial charge in [0.1, 0.15) is 24.2 Å². The highest BCUT2D eigenvalue weighted by Gasteiger charge is 2.44. The van der Waals surface area contributed by atoms with E-state index in [0.29, 0.717) is 18.0 Å². The number of ether oxygens (including phenoxy) is 1. The zero-order chi connectivity index (χ0) is 15.1. The van der Waals surface area contributed by atoms with Crippen LogP contribution in [0.4, 0.5) is 0 Å². The van der Waals surface area contributed by atoms with Gasteiger partial charge >= 0.3 is 0 Å². The molecule has 0 saturated carbocycles. The molecule has 0 aromatic carbocycles. The maximum atomic E-state index is 10.3. The van der Waals surface area contributed by atoms with Crippen molar-refractivity contribution in [2.75, 3.05) is 0 Å². The van der Waals surface area contributed by atoms with Crippen LogP contribution in [0.5, 0.6) is 0 Å². The van der Waals surface area contributed by atoms with E-state index in [0.717, 1.165) is 11.1 Å². The first-order valence-electron chi connectivity index (χ1n) is 7.28. The molecule has 0 bridgehead atoms. The van der Waals surface area contributed by atoms with Crippen molar-refractivity contribution in [2.24, 2.45) is 5.92 Å². The first kappa shape index (κ1) is 14.4. The standard InChI is InChI=1S/C15H21N3O3/c1-8(2)6-11-12(19)13(20)15(21-11)18-5-4-10-9(3)16-7-17-14(10)18/h4-5,7-8,11-13,15,19-20H,6H2,1-3H3/t11-,12-,13-,15-/m1/s1. The summed E-state index contributed by atoms with van der Waals surface area (Å²) in [4.78, 5) is 8.43. The lowest BCUT2D eigenvalue weighted by Gasteiger charge is -2.17. The highest BCUT2D eigenvalue weighted by molar-refractivity contribution is 5.78. The Morgan fingerprint density at radius 2 is 2.05 bits per heavy atom. The van der Waals surface area contributed by atoms with E-state index in [-0.39, 0.29) is 6.10 Å². The molecule has 6 heteroatoms. The van der Waals surface area contributed by atoms with E-state index in [2.05, 4.69) is 23.8 Å². The molecule has 0 aliphatic carbocycles. The molecule has 2 aromatic heterocycles. The molecule has 3 rings (SSSR count). The molecule has 0 radical (unpaired) electrons. The van der Waals surface area contributed by atoms with Crippen molar-refractivity contribution < 1.29 is 14.9 Å². The number of aliphatic hydroxyl groups is 2. The molecule has 2 N–H and O–H groups in total. The minimum absolute atomic E-state index is 0.356. The molecule has 114 valence electrons. The van der Waals surface area contributed by atoms with Gasteiger partial charge in [0.15, 0.2) is 6.23 Å². The van der Waals surface area contributed by atoms with Crippen LogP contribution in [0.1, 0.15) is 32.2 Å². The predicted molar refractivity (Wildman–Crippen MR) is 77.6 cm³/mol. The van der Waals surface area contributed by atoms with Crippen molar-refractivity contribution in [1.29, 1.82) is 0 Å². The summed E-state index contributed by atoms with van der Waals surface area (Å²) in [5, 5.41) is 21.4. The van der Waals surface area contributed by atoms with E-state index in [4.69, 9.17) is 4.74 Å². The normalized spacial score (nSPS) is 29.6. The van der Waals surface area contributed by atoms with Gasteiger partial charge in [-0.15, -0.1) is 0 Å². The van der Waals surface area contributed by atoms with Crippen molar-refractivity contribution in [3.63, 3.8) is 0 Å². The third-order valence-corrected chi connectivity index (χ3v) is 4.02. The van der Waals surface area contributed by atoms with Crippen molar-refractivity contribution in [3.05, 3.63) is 24.3 Å². The predicted octanol–water partition coefficient (Wildman–Crippen LogP) is 1.41. The third-order valence-electron chi connectivity index (χ3n) is 4.02. The molecule has 1 fully saturated rings. The summed E-state index contributed by atoms with van der Waals surface area (Å²) in [6.07, 6.45) is 1.22. The number of hydrogen-bond acceptors (Lipinski definition) is 5. The number of nitrogens with zero attached hydrogens (tertiary/aromatic N) is 3. The van der Waals surface area contributed by atoms with Gasteiger partial charge in [0, 0.05) is 11.6 Å². The summed E-state index contributed by atoms with van der Waals surface area (Å²) in [6.45, 7) is 6.05. The fourth-order valence-electron chi connectivity index (χ4n) is 2.92. The van der Waals surface area contributed by atoms with Crippen LogP contribution in [0.3, 0.4) is 0 Å². The minimum atomic E-state index is -0.959. The van der Waals surface area contributed by atoms with Gasteiger partial charge in [-0.1, -0.05) is 13.8 Å². The fourth-order valence-corrected chi connectivity index (χ4v) is 2.92. The van der Waals surface area contributed by atoms with E-state index < -0.39 is 18.4 Å². The lowest BCUT2D eigenvalue weighted by atomic mass is 10.0. The second kappa shape index (κ2) is 5.36. The Bertz CT molecular complexity index is 640. The topological polar surface area (TPSA) is 80.4 Å². The summed E-state index contributed by atoms with van der Waals surface area (Å²) in [5.74, 6) is 0.390. The Hall–Kier alpha value is -1.50. The van der Waals surface area contributed by atoms with E-state index in [1.54, 1.807) is 4.57 Å². The maximum absolute atomic E-state index is 10.3. The Labute approximate surface area is 123 Å². The first-order valence-corrected chi connectivity index (χ1v) is 7.28. The summed E-state index contributed by atoms with van der Waals surface area (Å²) in [6, 6.07) is 1.91. The molecule has 0 amide bonds. The Kier molecular flexibility index (Phi) is 3.69. The number of hydrogen-bond donors (Lipinski definition) is 2. The first-order chi connectivity index (χ1) is 9.99. The highest BCUT2D eigenvalue weighted by atomic mass is 16.6. The van der Waals surface area contributed by atoms with Crippen molar-refractivity contribution in [2.45, 2.75) is 51.7 Å². The molecule has 21 heavy (non-hydrogen) atoms. The van der Waals surface area contributed by atoms with Crippen molar-refractivity contribution in [1.82, 2.24) is 14.5 Å². The van der Waals surface area contributed by atoms with Gasteiger partial charge < -0.3 is 19.5 Å². The number of aryl methyl sites for hydroxylation is 1. The molecule has 0 spiro atoms.